The topological polar surface area (TPSA) is 188 Å². The summed E-state index contributed by atoms with van der Waals surface area (Å²) in [5, 5.41) is 65.9. The number of fused-ring (bicyclic) bond motifs is 9. The van der Waals surface area contributed by atoms with E-state index in [0.29, 0.717) is 16.4 Å². The molecule has 0 aliphatic heterocycles. The smallest absolute Gasteiger partial charge is 0.423 e. The lowest BCUT2D eigenvalue weighted by Gasteiger charge is -2.13. The summed E-state index contributed by atoms with van der Waals surface area (Å²) in [5.41, 5.74) is 20.6. The van der Waals surface area contributed by atoms with Crippen LogP contribution in [0.15, 0.2) is 340 Å². The molecule has 0 saturated carbocycles. The molecular weight excluding hydrogens is 1260 g/mol. The lowest BCUT2D eigenvalue weighted by atomic mass is 9.77. The number of rotatable bonds is 12. The van der Waals surface area contributed by atoms with Crippen molar-refractivity contribution in [1.29, 1.82) is 0 Å². The molecule has 0 bridgehead atoms. The van der Waals surface area contributed by atoms with Crippen LogP contribution in [0.25, 0.3) is 150 Å². The number of aromatic nitrogens is 7. The average molecular weight is 1320 g/mol. The van der Waals surface area contributed by atoms with E-state index in [2.05, 4.69) is 127 Å². The zero-order chi connectivity index (χ0) is 69.2. The van der Waals surface area contributed by atoms with E-state index < -0.39 is 21.4 Å². The molecule has 0 radical (unpaired) electrons. The summed E-state index contributed by atoms with van der Waals surface area (Å²) in [4.78, 5) is 19.2. The minimum absolute atomic E-state index is 0.481. The number of nitrogens with zero attached hydrogens (tertiary/aromatic N) is 7. The van der Waals surface area contributed by atoms with Crippen LogP contribution in [0.2, 0.25) is 0 Å². The molecule has 0 fully saturated rings. The highest BCUT2D eigenvalue weighted by Crippen LogP contribution is 2.39. The molecule has 7 aromatic heterocycles. The summed E-state index contributed by atoms with van der Waals surface area (Å²) < 4.78 is 6.45. The molecule has 0 spiro atoms. The standard InChI is InChI=1S/2C29H21BN2O2.C28H20BN3O2/c33-30(34)24-15-9-17-28-29(24)23-14-7-8-16-27(23)32(28)22-18-25(20-10-3-1-4-11-20)31-26(19-22)21-12-5-2-6-13-21;33-30(34)24-15-9-17-27-29(24)23-14-7-8-16-26(23)32(27)28-19-22(20-10-3-1-4-11-20)18-25(31-28)21-12-5-2-6-13-21;33-29(34)23-9-7-13-27-28(23)22-8-1-2-12-26(22)32(27)21-17-19(24-10-3-5-14-30-24)16-20(18-21)25-11-4-6-15-31-25/h2*1-19,33-34H;1-18,33-34H. The van der Waals surface area contributed by atoms with Gasteiger partial charge in [0.25, 0.3) is 0 Å². The van der Waals surface area contributed by atoms with Gasteiger partial charge in [-0.25, -0.2) is 9.97 Å². The molecule has 18 aromatic rings. The number of pyridine rings is 4. The highest BCUT2D eigenvalue weighted by Gasteiger charge is 2.26. The van der Waals surface area contributed by atoms with Crippen LogP contribution in [-0.2, 0) is 0 Å². The lowest BCUT2D eigenvalue weighted by Crippen LogP contribution is -2.30. The Kier molecular flexibility index (Phi) is 17.6. The molecule has 102 heavy (non-hydrogen) atoms. The van der Waals surface area contributed by atoms with E-state index in [0.717, 1.165) is 150 Å². The normalized spacial score (nSPS) is 11.2. The summed E-state index contributed by atoms with van der Waals surface area (Å²) in [7, 11) is -4.68. The van der Waals surface area contributed by atoms with Gasteiger partial charge in [0.2, 0.25) is 0 Å². The molecule has 0 aliphatic rings. The van der Waals surface area contributed by atoms with E-state index in [1.807, 2.05) is 206 Å². The van der Waals surface area contributed by atoms with Gasteiger partial charge in [-0.15, -0.1) is 0 Å². The third-order valence-electron chi connectivity index (χ3n) is 18.5. The maximum absolute atomic E-state index is 10.1. The first-order chi connectivity index (χ1) is 50.1. The number of benzene rings is 11. The molecule has 0 aliphatic carbocycles. The van der Waals surface area contributed by atoms with Crippen molar-refractivity contribution in [2.75, 3.05) is 0 Å². The van der Waals surface area contributed by atoms with Gasteiger partial charge in [0.05, 0.1) is 67.3 Å². The monoisotopic (exact) mass is 1320 g/mol. The Labute approximate surface area is 588 Å². The van der Waals surface area contributed by atoms with E-state index in [-0.39, 0.29) is 0 Å². The summed E-state index contributed by atoms with van der Waals surface area (Å²) in [5.74, 6) is 0.774. The van der Waals surface area contributed by atoms with Crippen LogP contribution < -0.4 is 16.4 Å². The lowest BCUT2D eigenvalue weighted by molar-refractivity contribution is 0.425. The van der Waals surface area contributed by atoms with Crippen molar-refractivity contribution < 1.29 is 30.1 Å². The fourth-order valence-corrected chi connectivity index (χ4v) is 14.0. The molecule has 13 nitrogen and oxygen atoms in total. The van der Waals surface area contributed by atoms with Crippen LogP contribution >= 0.6 is 0 Å². The first-order valence-electron chi connectivity index (χ1n) is 33.5. The highest BCUT2D eigenvalue weighted by molar-refractivity contribution is 6.64. The molecule has 7 heterocycles. The highest BCUT2D eigenvalue weighted by atomic mass is 16.4. The van der Waals surface area contributed by atoms with E-state index in [1.165, 1.54) is 0 Å². The first kappa shape index (κ1) is 64.1. The third kappa shape index (κ3) is 12.3. The Morgan fingerprint density at radius 2 is 0.559 bits per heavy atom. The van der Waals surface area contributed by atoms with Gasteiger partial charge in [-0.3, -0.25) is 14.5 Å². The van der Waals surface area contributed by atoms with Gasteiger partial charge < -0.3 is 39.3 Å². The van der Waals surface area contributed by atoms with Gasteiger partial charge in [0, 0.05) is 78.2 Å². The second-order valence-electron chi connectivity index (χ2n) is 24.8. The van der Waals surface area contributed by atoms with E-state index in [9.17, 15) is 30.1 Å². The van der Waals surface area contributed by atoms with Crippen molar-refractivity contribution in [3.8, 4) is 84.6 Å². The SMILES string of the molecule is OB(O)c1cccc2c1c1ccccc1n2-c1cc(-c2ccccc2)cc(-c2ccccc2)n1.OB(O)c1cccc2c1c1ccccc1n2-c1cc(-c2ccccc2)nc(-c2ccccc2)c1.OB(O)c1cccc2c1c1ccccc1n2-c1cc(-c2ccccn2)cc(-c2ccccn2)c1. The van der Waals surface area contributed by atoms with Gasteiger partial charge in [-0.1, -0.05) is 224 Å². The maximum Gasteiger partial charge on any atom is 0.489 e. The summed E-state index contributed by atoms with van der Waals surface area (Å²) in [6, 6.07) is 108. The largest absolute Gasteiger partial charge is 0.489 e. The zero-order valence-corrected chi connectivity index (χ0v) is 54.9. The van der Waals surface area contributed by atoms with E-state index >= 15 is 0 Å². The van der Waals surface area contributed by atoms with E-state index in [1.54, 1.807) is 30.6 Å². The molecule has 0 saturated heterocycles. The number of para-hydroxylation sites is 3. The fourth-order valence-electron chi connectivity index (χ4n) is 14.0. The van der Waals surface area contributed by atoms with Crippen molar-refractivity contribution in [3.05, 3.63) is 340 Å². The molecule has 11 aromatic carbocycles. The Balaban J connectivity index is 0.000000118. The third-order valence-corrected chi connectivity index (χ3v) is 18.5. The van der Waals surface area contributed by atoms with Crippen molar-refractivity contribution in [3.63, 3.8) is 0 Å². The molecule has 0 unspecified atom stereocenters. The Hall–Kier alpha value is -12.6. The Morgan fingerprint density at radius 1 is 0.225 bits per heavy atom. The van der Waals surface area contributed by atoms with Gasteiger partial charge >= 0.3 is 21.4 Å². The molecule has 16 heteroatoms. The van der Waals surface area contributed by atoms with Gasteiger partial charge in [0.1, 0.15) is 5.82 Å². The van der Waals surface area contributed by atoms with Crippen LogP contribution in [0, 0.1) is 0 Å². The van der Waals surface area contributed by atoms with E-state index in [4.69, 9.17) is 9.97 Å². The van der Waals surface area contributed by atoms with Crippen molar-refractivity contribution in [1.82, 2.24) is 33.6 Å². The maximum atomic E-state index is 10.1. The predicted molar refractivity (Wildman–Crippen MR) is 416 cm³/mol. The van der Waals surface area contributed by atoms with Crippen LogP contribution in [0.1, 0.15) is 0 Å². The van der Waals surface area contributed by atoms with Crippen LogP contribution in [-0.4, -0.2) is 85.1 Å². The summed E-state index contributed by atoms with van der Waals surface area (Å²) >= 11 is 0. The van der Waals surface area contributed by atoms with Gasteiger partial charge in [-0.2, -0.15) is 0 Å². The molecule has 486 valence electrons. The number of hydrogen-bond donors (Lipinski definition) is 6. The first-order valence-corrected chi connectivity index (χ1v) is 33.5. The van der Waals surface area contributed by atoms with Crippen LogP contribution in [0.4, 0.5) is 0 Å². The van der Waals surface area contributed by atoms with Crippen molar-refractivity contribution in [2.24, 2.45) is 0 Å². The molecule has 0 atom stereocenters. The molecular formula is C86H62B3N7O6. The van der Waals surface area contributed by atoms with Gasteiger partial charge in [0.15, 0.2) is 0 Å². The summed E-state index contributed by atoms with van der Waals surface area (Å²) in [6.45, 7) is 0. The molecule has 18 rings (SSSR count). The fraction of sp³-hybridized carbons (Fsp3) is 0. The quantitative estimate of drug-likeness (QED) is 0.0643. The second kappa shape index (κ2) is 27.9. The van der Waals surface area contributed by atoms with Gasteiger partial charge in [-0.05, 0) is 131 Å². The zero-order valence-electron chi connectivity index (χ0n) is 54.9. The molecule has 0 amide bonds. The predicted octanol–water partition coefficient (Wildman–Crippen LogP) is 15.0. The number of hydrogen-bond acceptors (Lipinski definition) is 10. The van der Waals surface area contributed by atoms with Crippen LogP contribution in [0.3, 0.4) is 0 Å². The average Bonchev–Trinajstić information content (AvgIpc) is 1.59. The second-order valence-corrected chi connectivity index (χ2v) is 24.8. The summed E-state index contributed by atoms with van der Waals surface area (Å²) in [6.07, 6.45) is 3.58. The molecule has 6 N–H and O–H groups in total. The minimum atomic E-state index is -1.56. The Morgan fingerprint density at radius 3 is 0.951 bits per heavy atom. The van der Waals surface area contributed by atoms with Crippen LogP contribution in [0.5, 0.6) is 0 Å². The minimum Gasteiger partial charge on any atom is -0.423 e. The van der Waals surface area contributed by atoms with Crippen molar-refractivity contribution in [2.45, 2.75) is 0 Å². The van der Waals surface area contributed by atoms with Crippen molar-refractivity contribution >= 4 is 103 Å². The Bertz CT molecular complexity index is 5300.